The highest BCUT2D eigenvalue weighted by molar-refractivity contribution is 5.39. The second-order valence-electron chi connectivity index (χ2n) is 4.26. The first-order valence-corrected chi connectivity index (χ1v) is 5.64. The Kier molecular flexibility index (Phi) is 4.62. The van der Waals surface area contributed by atoms with Crippen LogP contribution in [-0.2, 0) is 0 Å². The van der Waals surface area contributed by atoms with Crippen molar-refractivity contribution in [2.24, 2.45) is 5.73 Å². The Morgan fingerprint density at radius 1 is 1.25 bits per heavy atom. The minimum Gasteiger partial charge on any atom is -0.493 e. The van der Waals surface area contributed by atoms with Gasteiger partial charge in [-0.15, -0.1) is 0 Å². The molecule has 3 nitrogen and oxygen atoms in total. The van der Waals surface area contributed by atoms with Gasteiger partial charge in [0.1, 0.15) is 0 Å². The maximum Gasteiger partial charge on any atom is 0.161 e. The van der Waals surface area contributed by atoms with E-state index < -0.39 is 0 Å². The van der Waals surface area contributed by atoms with Gasteiger partial charge in [-0.2, -0.15) is 0 Å². The molecular weight excluding hydrogens is 202 g/mol. The van der Waals surface area contributed by atoms with Crippen LogP contribution in [0, 0.1) is 0 Å². The normalized spacial score (nSPS) is 14.2. The van der Waals surface area contributed by atoms with Gasteiger partial charge in [0.15, 0.2) is 11.5 Å². The second kappa shape index (κ2) is 5.75. The summed E-state index contributed by atoms with van der Waals surface area (Å²) in [5.74, 6) is 1.54. The summed E-state index contributed by atoms with van der Waals surface area (Å²) in [7, 11) is 1.64. The zero-order chi connectivity index (χ0) is 12.0. The molecule has 0 amide bonds. The molecule has 0 aliphatic heterocycles. The number of benzene rings is 1. The van der Waals surface area contributed by atoms with Crippen LogP contribution in [0.1, 0.15) is 26.7 Å². The molecule has 1 rings (SSSR count). The monoisotopic (exact) mass is 223 g/mol. The predicted molar refractivity (Wildman–Crippen MR) is 66.0 cm³/mol. The van der Waals surface area contributed by atoms with E-state index in [9.17, 15) is 0 Å². The molecular formula is C13H21NO2. The summed E-state index contributed by atoms with van der Waals surface area (Å²) >= 11 is 0. The van der Waals surface area contributed by atoms with Gasteiger partial charge < -0.3 is 15.2 Å². The Hall–Kier alpha value is -1.22. The van der Waals surface area contributed by atoms with Gasteiger partial charge >= 0.3 is 0 Å². The van der Waals surface area contributed by atoms with Gasteiger partial charge in [0, 0.05) is 5.54 Å². The van der Waals surface area contributed by atoms with E-state index >= 15 is 0 Å². The number of ether oxygens (including phenoxy) is 2. The first-order chi connectivity index (χ1) is 7.59. The van der Waals surface area contributed by atoms with E-state index in [0.717, 1.165) is 24.3 Å². The van der Waals surface area contributed by atoms with Crippen LogP contribution in [0.3, 0.4) is 0 Å². The van der Waals surface area contributed by atoms with Crippen LogP contribution in [0.5, 0.6) is 11.5 Å². The molecule has 0 aromatic heterocycles. The number of nitrogens with two attached hydrogens (primary N) is 1. The molecule has 0 fully saturated rings. The van der Waals surface area contributed by atoms with Crippen LogP contribution < -0.4 is 15.2 Å². The first-order valence-electron chi connectivity index (χ1n) is 5.64. The molecule has 0 saturated carbocycles. The zero-order valence-corrected chi connectivity index (χ0v) is 10.3. The summed E-state index contributed by atoms with van der Waals surface area (Å²) in [4.78, 5) is 0. The molecule has 16 heavy (non-hydrogen) atoms. The number of rotatable bonds is 6. The molecule has 1 atom stereocenters. The predicted octanol–water partition coefficient (Wildman–Crippen LogP) is 2.59. The molecule has 0 aliphatic carbocycles. The molecule has 0 aliphatic rings. The second-order valence-corrected chi connectivity index (χ2v) is 4.26. The van der Waals surface area contributed by atoms with E-state index in [1.807, 2.05) is 31.2 Å². The van der Waals surface area contributed by atoms with Crippen LogP contribution in [-0.4, -0.2) is 19.3 Å². The van der Waals surface area contributed by atoms with E-state index in [0.29, 0.717) is 6.61 Å². The van der Waals surface area contributed by atoms with Crippen LogP contribution in [0.25, 0.3) is 0 Å². The third-order valence-corrected chi connectivity index (χ3v) is 2.81. The average Bonchev–Trinajstić information content (AvgIpc) is 2.29. The summed E-state index contributed by atoms with van der Waals surface area (Å²) in [5.41, 5.74) is 5.89. The van der Waals surface area contributed by atoms with E-state index in [4.69, 9.17) is 15.2 Å². The fraction of sp³-hybridized carbons (Fsp3) is 0.538. The highest BCUT2D eigenvalue weighted by Crippen LogP contribution is 2.26. The molecule has 0 radical (unpaired) electrons. The van der Waals surface area contributed by atoms with Crippen LogP contribution in [0.2, 0.25) is 0 Å². The lowest BCUT2D eigenvalue weighted by Crippen LogP contribution is -2.36. The summed E-state index contributed by atoms with van der Waals surface area (Å²) < 4.78 is 10.9. The summed E-state index contributed by atoms with van der Waals surface area (Å²) in [5, 5.41) is 0. The largest absolute Gasteiger partial charge is 0.493 e. The summed E-state index contributed by atoms with van der Waals surface area (Å²) in [6.07, 6.45) is 1.78. The first kappa shape index (κ1) is 12.8. The van der Waals surface area contributed by atoms with Gasteiger partial charge in [-0.25, -0.2) is 0 Å². The maximum atomic E-state index is 6.04. The fourth-order valence-electron chi connectivity index (χ4n) is 1.31. The molecule has 3 heteroatoms. The lowest BCUT2D eigenvalue weighted by atomic mass is 9.97. The van der Waals surface area contributed by atoms with Gasteiger partial charge in [-0.05, 0) is 31.9 Å². The Labute approximate surface area is 97.6 Å². The van der Waals surface area contributed by atoms with Gasteiger partial charge in [-0.1, -0.05) is 19.1 Å². The van der Waals surface area contributed by atoms with Crippen molar-refractivity contribution in [1.29, 1.82) is 0 Å². The molecule has 1 aromatic rings. The zero-order valence-electron chi connectivity index (χ0n) is 10.3. The molecule has 0 saturated heterocycles. The highest BCUT2D eigenvalue weighted by atomic mass is 16.5. The van der Waals surface area contributed by atoms with Gasteiger partial charge in [0.05, 0.1) is 13.7 Å². The number of methoxy groups -OCH3 is 1. The number of hydrogen-bond donors (Lipinski definition) is 1. The van der Waals surface area contributed by atoms with E-state index in [-0.39, 0.29) is 5.54 Å². The third-order valence-electron chi connectivity index (χ3n) is 2.81. The van der Waals surface area contributed by atoms with E-state index in [1.165, 1.54) is 0 Å². The van der Waals surface area contributed by atoms with Crippen molar-refractivity contribution in [3.63, 3.8) is 0 Å². The number of hydrogen-bond acceptors (Lipinski definition) is 3. The number of para-hydroxylation sites is 2. The third kappa shape index (κ3) is 3.74. The summed E-state index contributed by atoms with van der Waals surface area (Å²) in [6, 6.07) is 7.64. The molecule has 90 valence electrons. The van der Waals surface area contributed by atoms with Crippen molar-refractivity contribution in [3.8, 4) is 11.5 Å². The average molecular weight is 223 g/mol. The molecule has 1 aromatic carbocycles. The van der Waals surface area contributed by atoms with Crippen molar-refractivity contribution in [2.75, 3.05) is 13.7 Å². The molecule has 0 bridgehead atoms. The standard InChI is InChI=1S/C13H21NO2/c1-4-13(2,14)9-10-16-12-8-6-5-7-11(12)15-3/h5-8H,4,9-10,14H2,1-3H3. The van der Waals surface area contributed by atoms with Gasteiger partial charge in [0.25, 0.3) is 0 Å². The van der Waals surface area contributed by atoms with Crippen molar-refractivity contribution in [3.05, 3.63) is 24.3 Å². The van der Waals surface area contributed by atoms with Gasteiger partial charge in [-0.3, -0.25) is 0 Å². The Morgan fingerprint density at radius 3 is 2.44 bits per heavy atom. The SMILES string of the molecule is CCC(C)(N)CCOc1ccccc1OC. The van der Waals surface area contributed by atoms with Crippen molar-refractivity contribution in [2.45, 2.75) is 32.2 Å². The molecule has 0 spiro atoms. The maximum absolute atomic E-state index is 6.04. The van der Waals surface area contributed by atoms with E-state index in [1.54, 1.807) is 7.11 Å². The van der Waals surface area contributed by atoms with Crippen molar-refractivity contribution in [1.82, 2.24) is 0 Å². The minimum absolute atomic E-state index is 0.151. The Balaban J connectivity index is 2.49. The van der Waals surface area contributed by atoms with E-state index in [2.05, 4.69) is 6.92 Å². The molecule has 1 unspecified atom stereocenters. The van der Waals surface area contributed by atoms with Gasteiger partial charge in [0.2, 0.25) is 0 Å². The topological polar surface area (TPSA) is 44.5 Å². The molecule has 2 N–H and O–H groups in total. The van der Waals surface area contributed by atoms with Crippen LogP contribution in [0.4, 0.5) is 0 Å². The molecule has 0 heterocycles. The fourth-order valence-corrected chi connectivity index (χ4v) is 1.31. The Morgan fingerprint density at radius 2 is 1.88 bits per heavy atom. The Bertz CT molecular complexity index is 323. The van der Waals surface area contributed by atoms with Crippen molar-refractivity contribution < 1.29 is 9.47 Å². The quantitative estimate of drug-likeness (QED) is 0.806. The lowest BCUT2D eigenvalue weighted by molar-refractivity contribution is 0.251. The van der Waals surface area contributed by atoms with Crippen LogP contribution in [0.15, 0.2) is 24.3 Å². The minimum atomic E-state index is -0.151. The van der Waals surface area contributed by atoms with Crippen LogP contribution >= 0.6 is 0 Å². The highest BCUT2D eigenvalue weighted by Gasteiger charge is 2.15. The van der Waals surface area contributed by atoms with Crippen molar-refractivity contribution >= 4 is 0 Å². The smallest absolute Gasteiger partial charge is 0.161 e. The summed E-state index contributed by atoms with van der Waals surface area (Å²) in [6.45, 7) is 4.74. The lowest BCUT2D eigenvalue weighted by Gasteiger charge is -2.22.